The van der Waals surface area contributed by atoms with E-state index in [1.807, 2.05) is 19.1 Å². The first-order chi connectivity index (χ1) is 16.6. The predicted octanol–water partition coefficient (Wildman–Crippen LogP) is 1.99. The lowest BCUT2D eigenvalue weighted by Crippen LogP contribution is -2.46. The molecule has 4 amide bonds. The fraction of sp³-hybridized carbons (Fsp3) is 0.462. The summed E-state index contributed by atoms with van der Waals surface area (Å²) in [5, 5.41) is 26.0. The second-order valence-corrected chi connectivity index (χ2v) is 9.52. The van der Waals surface area contributed by atoms with Gasteiger partial charge in [-0.05, 0) is 23.4 Å². The number of amides is 4. The highest BCUT2D eigenvalue weighted by Gasteiger charge is 2.34. The van der Waals surface area contributed by atoms with Crippen molar-refractivity contribution in [3.8, 4) is 0 Å². The predicted molar refractivity (Wildman–Crippen MR) is 132 cm³/mol. The van der Waals surface area contributed by atoms with E-state index in [1.165, 1.54) is 4.90 Å². The molecule has 0 saturated heterocycles. The summed E-state index contributed by atoms with van der Waals surface area (Å²) < 4.78 is 0. The molecular formula is C26H33N3O6. The fourth-order valence-corrected chi connectivity index (χ4v) is 4.03. The Hall–Kier alpha value is -3.30. The molecule has 9 nitrogen and oxygen atoms in total. The molecule has 0 bridgehead atoms. The molecule has 0 radical (unpaired) electrons. The third-order valence-corrected chi connectivity index (χ3v) is 6.28. The van der Waals surface area contributed by atoms with Crippen LogP contribution in [0.4, 0.5) is 5.69 Å². The first kappa shape index (κ1) is 26.3. The van der Waals surface area contributed by atoms with Crippen LogP contribution in [0.2, 0.25) is 0 Å². The molecule has 2 aromatic carbocycles. The summed E-state index contributed by atoms with van der Waals surface area (Å²) in [5.74, 6) is -1.61. The normalized spacial score (nSPS) is 14.6. The number of aliphatic hydroxyl groups is 2. The van der Waals surface area contributed by atoms with E-state index in [1.54, 1.807) is 32.0 Å². The number of carbonyl (C=O) groups is 4. The van der Waals surface area contributed by atoms with Gasteiger partial charge in [-0.15, -0.1) is 0 Å². The van der Waals surface area contributed by atoms with Crippen LogP contribution in [-0.2, 0) is 20.8 Å². The Balaban J connectivity index is 1.76. The highest BCUT2D eigenvalue weighted by molar-refractivity contribution is 6.19. The summed E-state index contributed by atoms with van der Waals surface area (Å²) in [6.07, 6.45) is 0.226. The zero-order valence-electron chi connectivity index (χ0n) is 20.4. The number of hydrogen-bond acceptors (Lipinski definition) is 6. The summed E-state index contributed by atoms with van der Waals surface area (Å²) >= 11 is 0. The summed E-state index contributed by atoms with van der Waals surface area (Å²) in [7, 11) is 0. The molecule has 0 fully saturated rings. The van der Waals surface area contributed by atoms with E-state index in [9.17, 15) is 29.4 Å². The van der Waals surface area contributed by atoms with Gasteiger partial charge in [0.15, 0.2) is 0 Å². The molecule has 1 unspecified atom stereocenters. The van der Waals surface area contributed by atoms with Crippen molar-refractivity contribution in [2.45, 2.75) is 52.6 Å². The van der Waals surface area contributed by atoms with Gasteiger partial charge in [-0.2, -0.15) is 0 Å². The number of hydrogen-bond donors (Lipinski definition) is 4. The number of aliphatic hydroxyl groups excluding tert-OH is 2. The van der Waals surface area contributed by atoms with Crippen LogP contribution in [-0.4, -0.2) is 64.5 Å². The van der Waals surface area contributed by atoms with Crippen molar-refractivity contribution in [2.24, 2.45) is 5.41 Å². The third kappa shape index (κ3) is 5.68. The molecular weight excluding hydrogens is 450 g/mol. The van der Waals surface area contributed by atoms with Gasteiger partial charge in [-0.1, -0.05) is 51.5 Å². The van der Waals surface area contributed by atoms with E-state index in [4.69, 9.17) is 0 Å². The number of nitrogens with one attached hydrogen (secondary N) is 2. The summed E-state index contributed by atoms with van der Waals surface area (Å²) in [5.41, 5.74) is 0.543. The Morgan fingerprint density at radius 3 is 2.51 bits per heavy atom. The maximum atomic E-state index is 13.2. The van der Waals surface area contributed by atoms with E-state index < -0.39 is 17.4 Å². The van der Waals surface area contributed by atoms with Crippen molar-refractivity contribution >= 4 is 40.1 Å². The van der Waals surface area contributed by atoms with Gasteiger partial charge in [0.2, 0.25) is 17.7 Å². The number of nitrogens with zero attached hydrogens (tertiary/aromatic N) is 1. The molecule has 0 saturated carbocycles. The van der Waals surface area contributed by atoms with Crippen LogP contribution in [0, 0.1) is 5.41 Å². The number of benzene rings is 2. The number of fused-ring (bicyclic) bond motifs is 3. The molecule has 1 heterocycles. The molecule has 3 rings (SSSR count). The lowest BCUT2D eigenvalue weighted by atomic mass is 9.87. The van der Waals surface area contributed by atoms with Gasteiger partial charge < -0.3 is 20.8 Å². The number of rotatable bonds is 10. The van der Waals surface area contributed by atoms with E-state index in [0.717, 1.165) is 12.8 Å². The Labute approximate surface area is 204 Å². The van der Waals surface area contributed by atoms with Crippen molar-refractivity contribution in [2.75, 3.05) is 25.0 Å². The van der Waals surface area contributed by atoms with Gasteiger partial charge in [0, 0.05) is 36.0 Å². The molecule has 1 aliphatic heterocycles. The topological polar surface area (TPSA) is 136 Å². The number of imide groups is 1. The minimum absolute atomic E-state index is 0.00450. The van der Waals surface area contributed by atoms with Gasteiger partial charge in [-0.3, -0.25) is 24.1 Å². The number of unbranched alkanes of at least 4 members (excludes halogenated alkanes) is 1. The first-order valence-electron chi connectivity index (χ1n) is 11.9. The molecule has 4 N–H and O–H groups in total. The third-order valence-electron chi connectivity index (χ3n) is 6.28. The second-order valence-electron chi connectivity index (χ2n) is 9.52. The fourth-order valence-electron chi connectivity index (χ4n) is 4.03. The highest BCUT2D eigenvalue weighted by Crippen LogP contribution is 2.34. The number of carbonyl (C=O) groups excluding carboxylic acids is 4. The average Bonchev–Trinajstić information content (AvgIpc) is 2.83. The maximum absolute atomic E-state index is 13.2. The van der Waals surface area contributed by atoms with Crippen LogP contribution >= 0.6 is 0 Å². The van der Waals surface area contributed by atoms with Gasteiger partial charge >= 0.3 is 0 Å². The molecule has 188 valence electrons. The van der Waals surface area contributed by atoms with Crippen molar-refractivity contribution in [1.29, 1.82) is 0 Å². The largest absolute Gasteiger partial charge is 0.396 e. The van der Waals surface area contributed by atoms with Gasteiger partial charge in [0.25, 0.3) is 5.91 Å². The van der Waals surface area contributed by atoms with Crippen LogP contribution in [0.25, 0.3) is 10.8 Å². The second kappa shape index (κ2) is 11.0. The Morgan fingerprint density at radius 2 is 1.86 bits per heavy atom. The van der Waals surface area contributed by atoms with E-state index in [2.05, 4.69) is 10.6 Å². The molecule has 1 atom stereocenters. The molecule has 2 aromatic rings. The van der Waals surface area contributed by atoms with Gasteiger partial charge in [0.05, 0.1) is 18.6 Å². The van der Waals surface area contributed by atoms with Crippen LogP contribution in [0.1, 0.15) is 56.0 Å². The molecule has 0 aliphatic carbocycles. The van der Waals surface area contributed by atoms with Crippen LogP contribution in [0.15, 0.2) is 30.3 Å². The minimum Gasteiger partial charge on any atom is -0.396 e. The molecule has 0 spiro atoms. The molecule has 1 aliphatic rings. The van der Waals surface area contributed by atoms with Crippen LogP contribution < -0.4 is 10.6 Å². The molecule has 0 aromatic heterocycles. The zero-order chi connectivity index (χ0) is 25.8. The summed E-state index contributed by atoms with van der Waals surface area (Å²) in [6.45, 7) is 5.13. The van der Waals surface area contributed by atoms with E-state index >= 15 is 0 Å². The minimum atomic E-state index is -1.41. The maximum Gasteiger partial charge on any atom is 0.261 e. The summed E-state index contributed by atoms with van der Waals surface area (Å²) in [6, 6.07) is 8.90. The lowest BCUT2D eigenvalue weighted by Gasteiger charge is -2.28. The van der Waals surface area contributed by atoms with Gasteiger partial charge in [0.1, 0.15) is 6.10 Å². The molecule has 9 heteroatoms. The van der Waals surface area contributed by atoms with Crippen molar-refractivity contribution in [3.63, 3.8) is 0 Å². The Kier molecular flexibility index (Phi) is 8.24. The van der Waals surface area contributed by atoms with Crippen LogP contribution in [0.3, 0.4) is 0 Å². The molecule has 35 heavy (non-hydrogen) atoms. The quantitative estimate of drug-likeness (QED) is 0.382. The SMILES string of the molecule is CCCCN1C(=O)Cc2cc(NC(=O)CCNC(=O)C(O)C(C)(C)CO)c3ccccc3c2C1=O. The lowest BCUT2D eigenvalue weighted by molar-refractivity contribution is -0.137. The Bertz CT molecular complexity index is 1140. The zero-order valence-corrected chi connectivity index (χ0v) is 20.4. The highest BCUT2D eigenvalue weighted by atomic mass is 16.3. The van der Waals surface area contributed by atoms with Crippen molar-refractivity contribution in [3.05, 3.63) is 41.5 Å². The van der Waals surface area contributed by atoms with Crippen LogP contribution in [0.5, 0.6) is 0 Å². The summed E-state index contributed by atoms with van der Waals surface area (Å²) in [4.78, 5) is 51.8. The Morgan fingerprint density at radius 1 is 1.17 bits per heavy atom. The first-order valence-corrected chi connectivity index (χ1v) is 11.9. The van der Waals surface area contributed by atoms with E-state index in [-0.39, 0.29) is 43.7 Å². The average molecular weight is 484 g/mol. The monoisotopic (exact) mass is 483 g/mol. The van der Waals surface area contributed by atoms with Crippen molar-refractivity contribution in [1.82, 2.24) is 10.2 Å². The van der Waals surface area contributed by atoms with Gasteiger partial charge in [-0.25, -0.2) is 0 Å². The smallest absolute Gasteiger partial charge is 0.261 e. The van der Waals surface area contributed by atoms with Crippen molar-refractivity contribution < 1.29 is 29.4 Å². The number of anilines is 1. The van der Waals surface area contributed by atoms with E-state index in [0.29, 0.717) is 34.1 Å². The standard InChI is InChI=1S/C26H33N3O6/c1-4-5-12-29-21(32)14-16-13-19(17-8-6-7-9-18(17)22(16)25(29)35)28-20(31)10-11-27-24(34)23(33)26(2,3)15-30/h6-9,13,23,30,33H,4-5,10-12,14-15H2,1-3H3,(H,27,34)(H,28,31).